The summed E-state index contributed by atoms with van der Waals surface area (Å²) in [7, 11) is 0. The fourth-order valence-corrected chi connectivity index (χ4v) is 3.89. The van der Waals surface area contributed by atoms with Crippen molar-refractivity contribution in [2.24, 2.45) is 5.73 Å². The van der Waals surface area contributed by atoms with Crippen molar-refractivity contribution in [3.05, 3.63) is 36.9 Å². The minimum atomic E-state index is -0.00507. The monoisotopic (exact) mass is 346 g/mol. The Bertz CT molecular complexity index is 498. The molecule has 0 saturated carbocycles. The Labute approximate surface area is 123 Å². The minimum absolute atomic E-state index is 0.00507. The Morgan fingerprint density at radius 2 is 2.33 bits per heavy atom. The number of nitrogens with zero attached hydrogens (tertiary/aromatic N) is 1. The van der Waals surface area contributed by atoms with Crippen LogP contribution >= 0.6 is 38.6 Å². The number of ether oxygens (including phenoxy) is 1. The van der Waals surface area contributed by atoms with Crippen LogP contribution in [-0.2, 0) is 11.2 Å². The van der Waals surface area contributed by atoms with Crippen molar-refractivity contribution in [2.75, 3.05) is 13.2 Å². The molecule has 6 heteroatoms. The number of nitrogens with two attached hydrogens (primary N) is 1. The van der Waals surface area contributed by atoms with Crippen molar-refractivity contribution in [2.45, 2.75) is 19.4 Å². The molecule has 18 heavy (non-hydrogen) atoms. The Balaban J connectivity index is 1.86. The molecular formula is C12H15BrN2OS2. The number of hydrogen-bond acceptors (Lipinski definition) is 5. The quantitative estimate of drug-likeness (QED) is 0.870. The number of rotatable bonds is 6. The molecule has 0 aliphatic carbocycles. The van der Waals surface area contributed by atoms with E-state index in [4.69, 9.17) is 10.5 Å². The van der Waals surface area contributed by atoms with Gasteiger partial charge in [-0.3, -0.25) is 0 Å². The molecule has 2 heterocycles. The van der Waals surface area contributed by atoms with Gasteiger partial charge in [0.15, 0.2) is 0 Å². The Hall–Kier alpha value is -0.270. The van der Waals surface area contributed by atoms with Gasteiger partial charge in [0.25, 0.3) is 0 Å². The second-order valence-electron chi connectivity index (χ2n) is 3.87. The summed E-state index contributed by atoms with van der Waals surface area (Å²) in [6.45, 7) is 3.22. The van der Waals surface area contributed by atoms with Crippen molar-refractivity contribution < 1.29 is 4.74 Å². The topological polar surface area (TPSA) is 48.1 Å². The van der Waals surface area contributed by atoms with E-state index in [9.17, 15) is 0 Å². The van der Waals surface area contributed by atoms with Crippen LogP contribution in [0.5, 0.6) is 0 Å². The first-order valence-corrected chi connectivity index (χ1v) is 8.20. The van der Waals surface area contributed by atoms with Gasteiger partial charge in [-0.15, -0.1) is 22.7 Å². The second kappa shape index (κ2) is 6.77. The van der Waals surface area contributed by atoms with Gasteiger partial charge in [0, 0.05) is 32.6 Å². The zero-order valence-corrected chi connectivity index (χ0v) is 13.3. The fourth-order valence-electron chi connectivity index (χ4n) is 1.62. The molecule has 0 bridgehead atoms. The van der Waals surface area contributed by atoms with Crippen LogP contribution in [0.15, 0.2) is 21.4 Å². The van der Waals surface area contributed by atoms with E-state index >= 15 is 0 Å². The summed E-state index contributed by atoms with van der Waals surface area (Å²) in [6.07, 6.45) is 0.897. The molecule has 0 saturated heterocycles. The molecular weight excluding hydrogens is 332 g/mol. The van der Waals surface area contributed by atoms with Crippen LogP contribution in [0.25, 0.3) is 0 Å². The van der Waals surface area contributed by atoms with Gasteiger partial charge in [-0.1, -0.05) is 0 Å². The van der Waals surface area contributed by atoms with Gasteiger partial charge in [-0.25, -0.2) is 4.98 Å². The molecule has 0 fully saturated rings. The molecule has 0 radical (unpaired) electrons. The highest BCUT2D eigenvalue weighted by Gasteiger charge is 2.13. The molecule has 3 nitrogen and oxygen atoms in total. The third-order valence-electron chi connectivity index (χ3n) is 2.61. The number of thiophene rings is 1. The molecule has 0 aliphatic heterocycles. The Kier molecular flexibility index (Phi) is 5.32. The summed E-state index contributed by atoms with van der Waals surface area (Å²) in [5.41, 5.74) is 8.74. The van der Waals surface area contributed by atoms with Gasteiger partial charge >= 0.3 is 0 Å². The third kappa shape index (κ3) is 3.61. The molecule has 0 aromatic carbocycles. The number of aryl methyl sites for hydroxylation is 1. The van der Waals surface area contributed by atoms with Crippen LogP contribution in [0.3, 0.4) is 0 Å². The molecule has 98 valence electrons. The van der Waals surface area contributed by atoms with Crippen LogP contribution in [-0.4, -0.2) is 18.1 Å². The van der Waals surface area contributed by atoms with Gasteiger partial charge < -0.3 is 10.5 Å². The predicted molar refractivity (Wildman–Crippen MR) is 80.3 cm³/mol. The summed E-state index contributed by atoms with van der Waals surface area (Å²) in [4.78, 5) is 6.69. The van der Waals surface area contributed by atoms with Gasteiger partial charge in [0.2, 0.25) is 0 Å². The highest BCUT2D eigenvalue weighted by Crippen LogP contribution is 2.27. The maximum absolute atomic E-state index is 5.86. The normalized spacial score (nSPS) is 12.8. The summed E-state index contributed by atoms with van der Waals surface area (Å²) in [6, 6.07) is 2.07. The summed E-state index contributed by atoms with van der Waals surface area (Å²) in [5.74, 6) is 0. The number of aromatic nitrogens is 1. The van der Waals surface area contributed by atoms with Crippen molar-refractivity contribution in [3.8, 4) is 0 Å². The summed E-state index contributed by atoms with van der Waals surface area (Å²) >= 11 is 6.80. The Morgan fingerprint density at radius 1 is 1.50 bits per heavy atom. The van der Waals surface area contributed by atoms with Crippen molar-refractivity contribution in [1.82, 2.24) is 4.98 Å². The highest BCUT2D eigenvalue weighted by atomic mass is 79.9. The van der Waals surface area contributed by atoms with Gasteiger partial charge in [0.1, 0.15) is 6.10 Å². The fraction of sp³-hybridized carbons (Fsp3) is 0.417. The van der Waals surface area contributed by atoms with Crippen LogP contribution in [0, 0.1) is 6.92 Å². The highest BCUT2D eigenvalue weighted by molar-refractivity contribution is 9.10. The summed E-state index contributed by atoms with van der Waals surface area (Å²) in [5, 5.41) is 2.05. The zero-order chi connectivity index (χ0) is 13.0. The van der Waals surface area contributed by atoms with E-state index in [1.54, 1.807) is 22.7 Å². The van der Waals surface area contributed by atoms with Gasteiger partial charge in [-0.05, 0) is 28.9 Å². The smallest absolute Gasteiger partial charge is 0.104 e. The lowest BCUT2D eigenvalue weighted by molar-refractivity contribution is 0.0635. The third-order valence-corrected chi connectivity index (χ3v) is 5.39. The van der Waals surface area contributed by atoms with E-state index in [1.807, 2.05) is 12.4 Å². The van der Waals surface area contributed by atoms with Gasteiger partial charge in [-0.2, -0.15) is 0 Å². The van der Waals surface area contributed by atoms with Crippen molar-refractivity contribution in [3.63, 3.8) is 0 Å². The first kappa shape index (κ1) is 14.1. The molecule has 0 spiro atoms. The van der Waals surface area contributed by atoms with Crippen molar-refractivity contribution in [1.29, 1.82) is 0 Å². The number of thiazole rings is 1. The lowest BCUT2D eigenvalue weighted by Gasteiger charge is -2.14. The van der Waals surface area contributed by atoms with Crippen LogP contribution in [0.1, 0.15) is 21.6 Å². The molecule has 1 atom stereocenters. The maximum Gasteiger partial charge on any atom is 0.104 e. The Morgan fingerprint density at radius 3 is 2.89 bits per heavy atom. The van der Waals surface area contributed by atoms with E-state index in [0.29, 0.717) is 13.2 Å². The largest absolute Gasteiger partial charge is 0.371 e. The molecule has 2 aromatic heterocycles. The zero-order valence-electron chi connectivity index (χ0n) is 10.1. The van der Waals surface area contributed by atoms with Crippen LogP contribution in [0.4, 0.5) is 0 Å². The number of hydrogen-bond donors (Lipinski definition) is 1. The van der Waals surface area contributed by atoms with Crippen LogP contribution < -0.4 is 5.73 Å². The standard InChI is InChI=1S/C12H15BrN2OS2/c1-8-11(18-7-15-8)2-3-16-10(5-14)12-4-9(13)6-17-12/h4,6-7,10H,2-3,5,14H2,1H3. The van der Waals surface area contributed by atoms with E-state index < -0.39 is 0 Å². The van der Waals surface area contributed by atoms with Crippen LogP contribution in [0.2, 0.25) is 0 Å². The predicted octanol–water partition coefficient (Wildman–Crippen LogP) is 3.53. The first-order chi connectivity index (χ1) is 8.70. The molecule has 0 aliphatic rings. The molecule has 2 rings (SSSR count). The van der Waals surface area contributed by atoms with E-state index in [0.717, 1.165) is 16.6 Å². The van der Waals surface area contributed by atoms with Gasteiger partial charge in [0.05, 0.1) is 17.8 Å². The lowest BCUT2D eigenvalue weighted by Crippen LogP contribution is -2.16. The summed E-state index contributed by atoms with van der Waals surface area (Å²) < 4.78 is 6.95. The number of halogens is 1. The second-order valence-corrected chi connectivity index (χ2v) is 6.67. The van der Waals surface area contributed by atoms with E-state index in [-0.39, 0.29) is 6.10 Å². The molecule has 2 aromatic rings. The molecule has 0 amide bonds. The van der Waals surface area contributed by atoms with Crippen molar-refractivity contribution >= 4 is 38.6 Å². The molecule has 2 N–H and O–H groups in total. The average molecular weight is 347 g/mol. The van der Waals surface area contributed by atoms with E-state index in [1.165, 1.54) is 9.75 Å². The minimum Gasteiger partial charge on any atom is -0.371 e. The SMILES string of the molecule is Cc1ncsc1CCOC(CN)c1cc(Br)cs1. The lowest BCUT2D eigenvalue weighted by atomic mass is 10.3. The molecule has 1 unspecified atom stereocenters. The maximum atomic E-state index is 5.86. The van der Waals surface area contributed by atoms with E-state index in [2.05, 4.69) is 32.4 Å². The average Bonchev–Trinajstić information content (AvgIpc) is 2.94. The first-order valence-electron chi connectivity index (χ1n) is 5.65.